The molecule has 0 bridgehead atoms. The molecule has 0 aromatic heterocycles. The molecule has 5 heteroatoms. The zero-order valence-corrected chi connectivity index (χ0v) is 14.2. The summed E-state index contributed by atoms with van der Waals surface area (Å²) in [4.78, 5) is 11.1. The average molecular weight is 393 g/mol. The SMILES string of the molecule is CCOC(=O)CCCCCNc1c(Br)cccc1Br. The Kier molecular flexibility index (Phi) is 8.14. The molecule has 106 valence electrons. The first-order valence-electron chi connectivity index (χ1n) is 6.48. The first kappa shape index (κ1) is 16.5. The molecule has 1 N–H and O–H groups in total. The van der Waals surface area contributed by atoms with E-state index in [1.54, 1.807) is 0 Å². The molecule has 1 aromatic rings. The van der Waals surface area contributed by atoms with E-state index in [-0.39, 0.29) is 5.97 Å². The molecular formula is C14H19Br2NO2. The van der Waals surface area contributed by atoms with Gasteiger partial charge in [0.25, 0.3) is 0 Å². The molecule has 0 unspecified atom stereocenters. The summed E-state index contributed by atoms with van der Waals surface area (Å²) in [5, 5.41) is 3.38. The van der Waals surface area contributed by atoms with Gasteiger partial charge in [-0.2, -0.15) is 0 Å². The number of carbonyl (C=O) groups is 1. The van der Waals surface area contributed by atoms with E-state index in [4.69, 9.17) is 4.74 Å². The highest BCUT2D eigenvalue weighted by atomic mass is 79.9. The van der Waals surface area contributed by atoms with Crippen molar-refractivity contribution < 1.29 is 9.53 Å². The number of para-hydroxylation sites is 1. The smallest absolute Gasteiger partial charge is 0.305 e. The van der Waals surface area contributed by atoms with E-state index in [9.17, 15) is 4.79 Å². The Morgan fingerprint density at radius 1 is 1.21 bits per heavy atom. The van der Waals surface area contributed by atoms with Crippen LogP contribution in [-0.4, -0.2) is 19.1 Å². The Balaban J connectivity index is 2.16. The minimum atomic E-state index is -0.0935. The third kappa shape index (κ3) is 6.43. The van der Waals surface area contributed by atoms with Gasteiger partial charge in [0.1, 0.15) is 0 Å². The lowest BCUT2D eigenvalue weighted by Gasteiger charge is -2.10. The number of hydrogen-bond acceptors (Lipinski definition) is 3. The molecular weight excluding hydrogens is 374 g/mol. The summed E-state index contributed by atoms with van der Waals surface area (Å²) in [5.41, 5.74) is 1.08. The third-order valence-corrected chi connectivity index (χ3v) is 3.95. The van der Waals surface area contributed by atoms with E-state index in [1.807, 2.05) is 25.1 Å². The van der Waals surface area contributed by atoms with Crippen molar-refractivity contribution in [3.05, 3.63) is 27.1 Å². The standard InChI is InChI=1S/C14H19Br2NO2/c1-2-19-13(18)9-4-3-5-10-17-14-11(15)7-6-8-12(14)16/h6-8,17H,2-5,9-10H2,1H3. The largest absolute Gasteiger partial charge is 0.466 e. The van der Waals surface area contributed by atoms with E-state index in [0.717, 1.165) is 40.4 Å². The predicted molar refractivity (Wildman–Crippen MR) is 85.4 cm³/mol. The fraction of sp³-hybridized carbons (Fsp3) is 0.500. The zero-order valence-electron chi connectivity index (χ0n) is 11.0. The van der Waals surface area contributed by atoms with Crippen molar-refractivity contribution in [2.45, 2.75) is 32.6 Å². The van der Waals surface area contributed by atoms with Crippen molar-refractivity contribution in [1.29, 1.82) is 0 Å². The van der Waals surface area contributed by atoms with Gasteiger partial charge < -0.3 is 10.1 Å². The predicted octanol–water partition coefficient (Wildman–Crippen LogP) is 4.75. The molecule has 1 aromatic carbocycles. The monoisotopic (exact) mass is 391 g/mol. The fourth-order valence-electron chi connectivity index (χ4n) is 1.68. The summed E-state index contributed by atoms with van der Waals surface area (Å²) >= 11 is 7.03. The molecule has 0 fully saturated rings. The Morgan fingerprint density at radius 3 is 2.53 bits per heavy atom. The number of benzene rings is 1. The molecule has 0 saturated carbocycles. The summed E-state index contributed by atoms with van der Waals surface area (Å²) in [6.45, 7) is 3.19. The second-order valence-corrected chi connectivity index (χ2v) is 5.85. The molecule has 0 atom stereocenters. The topological polar surface area (TPSA) is 38.3 Å². The van der Waals surface area contributed by atoms with Gasteiger partial charge in [0.2, 0.25) is 0 Å². The Labute approximate surface area is 131 Å². The van der Waals surface area contributed by atoms with E-state index in [1.165, 1.54) is 0 Å². The molecule has 0 spiro atoms. The van der Waals surface area contributed by atoms with Crippen LogP contribution in [0.15, 0.2) is 27.1 Å². The van der Waals surface area contributed by atoms with Crippen LogP contribution >= 0.6 is 31.9 Å². The van der Waals surface area contributed by atoms with Crippen molar-refractivity contribution in [2.24, 2.45) is 0 Å². The Hall–Kier alpha value is -0.550. The zero-order chi connectivity index (χ0) is 14.1. The van der Waals surface area contributed by atoms with Crippen LogP contribution in [0.25, 0.3) is 0 Å². The van der Waals surface area contributed by atoms with E-state index in [0.29, 0.717) is 13.0 Å². The molecule has 0 heterocycles. The van der Waals surface area contributed by atoms with Gasteiger partial charge >= 0.3 is 5.97 Å². The van der Waals surface area contributed by atoms with Gasteiger partial charge in [0, 0.05) is 21.9 Å². The molecule has 0 aliphatic heterocycles. The molecule has 0 aliphatic rings. The maximum absolute atomic E-state index is 11.1. The minimum Gasteiger partial charge on any atom is -0.466 e. The van der Waals surface area contributed by atoms with Crippen LogP contribution in [0.4, 0.5) is 5.69 Å². The molecule has 0 amide bonds. The number of nitrogens with one attached hydrogen (secondary N) is 1. The highest BCUT2D eigenvalue weighted by molar-refractivity contribution is 9.11. The maximum Gasteiger partial charge on any atom is 0.305 e. The number of carbonyl (C=O) groups excluding carboxylic acids is 1. The van der Waals surface area contributed by atoms with Crippen LogP contribution in [0, 0.1) is 0 Å². The van der Waals surface area contributed by atoms with Crippen LogP contribution < -0.4 is 5.32 Å². The van der Waals surface area contributed by atoms with Gasteiger partial charge in [-0.25, -0.2) is 0 Å². The summed E-state index contributed by atoms with van der Waals surface area (Å²) in [5.74, 6) is -0.0935. The van der Waals surface area contributed by atoms with Gasteiger partial charge in [-0.15, -0.1) is 0 Å². The van der Waals surface area contributed by atoms with Crippen molar-refractivity contribution in [3.63, 3.8) is 0 Å². The first-order valence-corrected chi connectivity index (χ1v) is 8.07. The van der Waals surface area contributed by atoms with Crippen LogP contribution in [0.2, 0.25) is 0 Å². The second-order valence-electron chi connectivity index (χ2n) is 4.14. The lowest BCUT2D eigenvalue weighted by Crippen LogP contribution is -2.05. The summed E-state index contributed by atoms with van der Waals surface area (Å²) in [6, 6.07) is 6.00. The highest BCUT2D eigenvalue weighted by Gasteiger charge is 2.04. The minimum absolute atomic E-state index is 0.0935. The molecule has 0 saturated heterocycles. The summed E-state index contributed by atoms with van der Waals surface area (Å²) < 4.78 is 6.98. The van der Waals surface area contributed by atoms with E-state index in [2.05, 4.69) is 37.2 Å². The highest BCUT2D eigenvalue weighted by Crippen LogP contribution is 2.30. The van der Waals surface area contributed by atoms with Crippen molar-refractivity contribution in [1.82, 2.24) is 0 Å². The third-order valence-electron chi connectivity index (χ3n) is 2.63. The quantitative estimate of drug-likeness (QED) is 0.512. The average Bonchev–Trinajstić information content (AvgIpc) is 2.36. The molecule has 3 nitrogen and oxygen atoms in total. The summed E-state index contributed by atoms with van der Waals surface area (Å²) in [6.07, 6.45) is 3.46. The first-order chi connectivity index (χ1) is 9.15. The van der Waals surface area contributed by atoms with Crippen LogP contribution in [0.5, 0.6) is 0 Å². The number of halogens is 2. The van der Waals surface area contributed by atoms with Crippen molar-refractivity contribution in [2.75, 3.05) is 18.5 Å². The molecule has 0 aliphatic carbocycles. The number of hydrogen-bond donors (Lipinski definition) is 1. The number of esters is 1. The van der Waals surface area contributed by atoms with Crippen LogP contribution in [0.1, 0.15) is 32.6 Å². The molecule has 1 rings (SSSR count). The van der Waals surface area contributed by atoms with Gasteiger partial charge in [0.05, 0.1) is 12.3 Å². The maximum atomic E-state index is 11.1. The van der Waals surface area contributed by atoms with Gasteiger partial charge in [-0.05, 0) is 63.8 Å². The van der Waals surface area contributed by atoms with Crippen molar-refractivity contribution in [3.8, 4) is 0 Å². The number of unbranched alkanes of at least 4 members (excludes halogenated alkanes) is 2. The molecule has 19 heavy (non-hydrogen) atoms. The second kappa shape index (κ2) is 9.37. The van der Waals surface area contributed by atoms with Crippen LogP contribution in [-0.2, 0) is 9.53 Å². The van der Waals surface area contributed by atoms with E-state index < -0.39 is 0 Å². The lowest BCUT2D eigenvalue weighted by molar-refractivity contribution is -0.143. The van der Waals surface area contributed by atoms with Gasteiger partial charge in [-0.1, -0.05) is 12.5 Å². The summed E-state index contributed by atoms with van der Waals surface area (Å²) in [7, 11) is 0. The van der Waals surface area contributed by atoms with E-state index >= 15 is 0 Å². The Bertz CT molecular complexity index is 390. The van der Waals surface area contributed by atoms with Gasteiger partial charge in [-0.3, -0.25) is 4.79 Å². The lowest BCUT2D eigenvalue weighted by atomic mass is 10.2. The number of anilines is 1. The molecule has 0 radical (unpaired) electrons. The normalized spacial score (nSPS) is 10.3. The number of rotatable bonds is 8. The number of ether oxygens (including phenoxy) is 1. The van der Waals surface area contributed by atoms with Crippen molar-refractivity contribution >= 4 is 43.5 Å². The Morgan fingerprint density at radius 2 is 1.89 bits per heavy atom. The fourth-order valence-corrected chi connectivity index (χ4v) is 2.96. The van der Waals surface area contributed by atoms with Gasteiger partial charge in [0.15, 0.2) is 0 Å². The van der Waals surface area contributed by atoms with Crippen LogP contribution in [0.3, 0.4) is 0 Å².